The van der Waals surface area contributed by atoms with E-state index in [2.05, 4.69) is 21.9 Å². The Kier molecular flexibility index (Phi) is 6.06. The van der Waals surface area contributed by atoms with Crippen LogP contribution in [0, 0.1) is 0 Å². The van der Waals surface area contributed by atoms with Crippen LogP contribution in [0.5, 0.6) is 5.88 Å². The van der Waals surface area contributed by atoms with Crippen LogP contribution < -0.4 is 10.5 Å². The zero-order chi connectivity index (χ0) is 23.5. The standard InChI is InChI=1S/C27H22ClN5O/c1-2-21-11-10-17(15-31-21)16-34-27-26(29)32-24(18-7-4-3-5-8-18)25(33-27)20-13-19-9-6-12-30-23(19)22(28)14-20/h3-15H,2,16H2,1H3,(H2,29,32). The normalized spacial score (nSPS) is 11.0. The number of nitrogens with two attached hydrogens (primary N) is 1. The van der Waals surface area contributed by atoms with Gasteiger partial charge < -0.3 is 10.5 Å². The molecule has 168 valence electrons. The molecule has 2 N–H and O–H groups in total. The van der Waals surface area contributed by atoms with Gasteiger partial charge in [0.25, 0.3) is 5.88 Å². The molecule has 0 aliphatic heterocycles. The van der Waals surface area contributed by atoms with E-state index in [0.29, 0.717) is 16.4 Å². The van der Waals surface area contributed by atoms with Crippen LogP contribution in [0.1, 0.15) is 18.2 Å². The Labute approximate surface area is 202 Å². The molecule has 3 aromatic heterocycles. The predicted molar refractivity (Wildman–Crippen MR) is 136 cm³/mol. The Hall–Kier alpha value is -4.03. The molecule has 0 atom stereocenters. The lowest BCUT2D eigenvalue weighted by atomic mass is 10.0. The van der Waals surface area contributed by atoms with E-state index in [-0.39, 0.29) is 18.3 Å². The Morgan fingerprint density at radius 2 is 1.71 bits per heavy atom. The van der Waals surface area contributed by atoms with Crippen LogP contribution in [0.2, 0.25) is 5.02 Å². The Balaban J connectivity index is 1.59. The van der Waals surface area contributed by atoms with Crippen LogP contribution in [0.3, 0.4) is 0 Å². The summed E-state index contributed by atoms with van der Waals surface area (Å²) in [6.07, 6.45) is 4.41. The number of hydrogen-bond acceptors (Lipinski definition) is 6. The molecule has 0 fully saturated rings. The van der Waals surface area contributed by atoms with Crippen LogP contribution in [-0.4, -0.2) is 19.9 Å². The summed E-state index contributed by atoms with van der Waals surface area (Å²) in [5.74, 6) is 0.478. The molecule has 7 heteroatoms. The van der Waals surface area contributed by atoms with Crippen LogP contribution in [0.4, 0.5) is 5.82 Å². The number of anilines is 1. The first-order valence-electron chi connectivity index (χ1n) is 11.0. The summed E-state index contributed by atoms with van der Waals surface area (Å²) in [4.78, 5) is 18.3. The molecule has 0 bridgehead atoms. The summed E-state index contributed by atoms with van der Waals surface area (Å²) in [7, 11) is 0. The van der Waals surface area contributed by atoms with Crippen LogP contribution in [0.15, 0.2) is 79.1 Å². The Bertz CT molecular complexity index is 1460. The van der Waals surface area contributed by atoms with Gasteiger partial charge in [-0.15, -0.1) is 0 Å². The van der Waals surface area contributed by atoms with Gasteiger partial charge in [0.05, 0.1) is 16.2 Å². The highest BCUT2D eigenvalue weighted by molar-refractivity contribution is 6.35. The zero-order valence-corrected chi connectivity index (χ0v) is 19.3. The maximum Gasteiger partial charge on any atom is 0.258 e. The van der Waals surface area contributed by atoms with Gasteiger partial charge in [-0.3, -0.25) is 9.97 Å². The highest BCUT2D eigenvalue weighted by Crippen LogP contribution is 2.36. The van der Waals surface area contributed by atoms with Crippen molar-refractivity contribution in [2.45, 2.75) is 20.0 Å². The van der Waals surface area contributed by atoms with Crippen LogP contribution in [-0.2, 0) is 13.0 Å². The molecule has 0 aliphatic carbocycles. The highest BCUT2D eigenvalue weighted by atomic mass is 35.5. The van der Waals surface area contributed by atoms with Crippen molar-refractivity contribution in [1.82, 2.24) is 19.9 Å². The van der Waals surface area contributed by atoms with E-state index in [4.69, 9.17) is 27.1 Å². The number of benzene rings is 2. The van der Waals surface area contributed by atoms with Crippen molar-refractivity contribution in [3.8, 4) is 28.4 Å². The molecular formula is C27H22ClN5O. The summed E-state index contributed by atoms with van der Waals surface area (Å²) in [6, 6.07) is 21.5. The van der Waals surface area contributed by atoms with Gasteiger partial charge in [0.1, 0.15) is 12.3 Å². The van der Waals surface area contributed by atoms with Crippen molar-refractivity contribution in [1.29, 1.82) is 0 Å². The number of rotatable bonds is 6. The van der Waals surface area contributed by atoms with E-state index in [0.717, 1.165) is 39.7 Å². The third-order valence-electron chi connectivity index (χ3n) is 5.49. The van der Waals surface area contributed by atoms with E-state index in [9.17, 15) is 0 Å². The molecule has 6 nitrogen and oxygen atoms in total. The van der Waals surface area contributed by atoms with E-state index < -0.39 is 0 Å². The molecule has 2 aromatic carbocycles. The SMILES string of the molecule is CCc1ccc(COc2nc(-c3cc(Cl)c4ncccc4c3)c(-c3ccccc3)nc2N)cn1. The summed E-state index contributed by atoms with van der Waals surface area (Å²) in [6.45, 7) is 2.35. The molecule has 3 heterocycles. The number of fused-ring (bicyclic) bond motifs is 1. The van der Waals surface area contributed by atoms with Crippen molar-refractivity contribution >= 4 is 28.3 Å². The largest absolute Gasteiger partial charge is 0.470 e. The van der Waals surface area contributed by atoms with E-state index >= 15 is 0 Å². The molecule has 5 rings (SSSR count). The first kappa shape index (κ1) is 21.8. The Morgan fingerprint density at radius 3 is 2.47 bits per heavy atom. The van der Waals surface area contributed by atoms with Crippen molar-refractivity contribution in [3.63, 3.8) is 0 Å². The van der Waals surface area contributed by atoms with Crippen molar-refractivity contribution in [2.75, 3.05) is 5.73 Å². The lowest BCUT2D eigenvalue weighted by molar-refractivity contribution is 0.294. The minimum Gasteiger partial charge on any atom is -0.470 e. The average molecular weight is 468 g/mol. The number of pyridine rings is 2. The van der Waals surface area contributed by atoms with Crippen LogP contribution >= 0.6 is 11.6 Å². The second kappa shape index (κ2) is 9.45. The number of aromatic nitrogens is 4. The molecule has 0 saturated carbocycles. The third kappa shape index (κ3) is 4.40. The topological polar surface area (TPSA) is 86.8 Å². The van der Waals surface area contributed by atoms with Gasteiger partial charge in [-0.25, -0.2) is 9.97 Å². The van der Waals surface area contributed by atoms with Gasteiger partial charge in [0, 0.05) is 40.2 Å². The van der Waals surface area contributed by atoms with Gasteiger partial charge in [-0.1, -0.05) is 61.0 Å². The lowest BCUT2D eigenvalue weighted by Gasteiger charge is -2.14. The summed E-state index contributed by atoms with van der Waals surface area (Å²) >= 11 is 6.57. The van der Waals surface area contributed by atoms with Crippen LogP contribution in [0.25, 0.3) is 33.4 Å². The van der Waals surface area contributed by atoms with Crippen molar-refractivity contribution in [3.05, 3.63) is 95.4 Å². The molecule has 34 heavy (non-hydrogen) atoms. The molecule has 5 aromatic rings. The van der Waals surface area contributed by atoms with Crippen molar-refractivity contribution < 1.29 is 4.74 Å². The summed E-state index contributed by atoms with van der Waals surface area (Å²) in [5.41, 5.74) is 11.9. The quantitative estimate of drug-likeness (QED) is 0.323. The fourth-order valence-corrected chi connectivity index (χ4v) is 4.00. The maximum atomic E-state index is 6.57. The molecule has 0 saturated heterocycles. The molecular weight excluding hydrogens is 446 g/mol. The zero-order valence-electron chi connectivity index (χ0n) is 18.6. The number of aryl methyl sites for hydroxylation is 1. The lowest BCUT2D eigenvalue weighted by Crippen LogP contribution is -2.06. The van der Waals surface area contributed by atoms with E-state index in [1.165, 1.54) is 0 Å². The monoisotopic (exact) mass is 467 g/mol. The number of nitrogen functional groups attached to an aromatic ring is 1. The summed E-state index contributed by atoms with van der Waals surface area (Å²) < 4.78 is 5.98. The highest BCUT2D eigenvalue weighted by Gasteiger charge is 2.18. The molecule has 0 aliphatic rings. The fraction of sp³-hybridized carbons (Fsp3) is 0.111. The van der Waals surface area contributed by atoms with E-state index in [1.807, 2.05) is 66.7 Å². The Morgan fingerprint density at radius 1 is 0.882 bits per heavy atom. The second-order valence-corrected chi connectivity index (χ2v) is 8.22. The average Bonchev–Trinajstić information content (AvgIpc) is 2.88. The smallest absolute Gasteiger partial charge is 0.258 e. The predicted octanol–water partition coefficient (Wildman–Crippen LogP) is 6.13. The number of nitrogens with zero attached hydrogens (tertiary/aromatic N) is 4. The molecule has 0 amide bonds. The number of ether oxygens (including phenoxy) is 1. The first-order valence-corrected chi connectivity index (χ1v) is 11.3. The fourth-order valence-electron chi connectivity index (χ4n) is 3.72. The molecule has 0 unspecified atom stereocenters. The summed E-state index contributed by atoms with van der Waals surface area (Å²) in [5, 5.41) is 1.45. The molecule has 0 radical (unpaired) electrons. The minimum absolute atomic E-state index is 0.217. The van der Waals surface area contributed by atoms with Gasteiger partial charge >= 0.3 is 0 Å². The minimum atomic E-state index is 0.217. The number of hydrogen-bond donors (Lipinski definition) is 1. The third-order valence-corrected chi connectivity index (χ3v) is 5.78. The first-order chi connectivity index (χ1) is 16.6. The maximum absolute atomic E-state index is 6.57. The van der Waals surface area contributed by atoms with Gasteiger partial charge in [-0.2, -0.15) is 0 Å². The van der Waals surface area contributed by atoms with Crippen molar-refractivity contribution in [2.24, 2.45) is 0 Å². The van der Waals surface area contributed by atoms with E-state index in [1.54, 1.807) is 12.4 Å². The van der Waals surface area contributed by atoms with Gasteiger partial charge in [-0.05, 0) is 30.7 Å². The second-order valence-electron chi connectivity index (χ2n) is 7.81. The molecule has 0 spiro atoms. The van der Waals surface area contributed by atoms with Gasteiger partial charge in [0.15, 0.2) is 5.82 Å². The number of halogens is 1. The van der Waals surface area contributed by atoms with Gasteiger partial charge in [0.2, 0.25) is 0 Å².